The Morgan fingerprint density at radius 3 is 2.18 bits per heavy atom. The molecule has 0 aliphatic carbocycles. The van der Waals surface area contributed by atoms with Gasteiger partial charge in [-0.2, -0.15) is 0 Å². The van der Waals surface area contributed by atoms with Gasteiger partial charge < -0.3 is 0 Å². The molecular formula is C17H18BrNO2S. The summed E-state index contributed by atoms with van der Waals surface area (Å²) in [5, 5.41) is 0. The maximum absolute atomic E-state index is 12.9. The summed E-state index contributed by atoms with van der Waals surface area (Å²) in [6, 6.07) is 14.2. The van der Waals surface area contributed by atoms with Crippen molar-refractivity contribution in [2.75, 3.05) is 10.8 Å². The van der Waals surface area contributed by atoms with Crippen LogP contribution in [0.25, 0.3) is 0 Å². The summed E-state index contributed by atoms with van der Waals surface area (Å²) < 4.78 is 27.9. The second-order valence-electron chi connectivity index (χ2n) is 4.80. The fraction of sp³-hybridized carbons (Fsp3) is 0.176. The number of nitrogens with zero attached hydrogens (tertiary/aromatic N) is 1. The van der Waals surface area contributed by atoms with Crippen molar-refractivity contribution in [1.82, 2.24) is 0 Å². The van der Waals surface area contributed by atoms with Gasteiger partial charge in [-0.25, -0.2) is 8.42 Å². The van der Waals surface area contributed by atoms with Crippen LogP contribution in [0, 0.1) is 0 Å². The minimum absolute atomic E-state index is 0.226. The molecule has 0 saturated heterocycles. The number of aryl methyl sites for hydroxylation is 1. The average Bonchev–Trinajstić information content (AvgIpc) is 2.53. The highest BCUT2D eigenvalue weighted by molar-refractivity contribution is 9.10. The number of sulfonamides is 1. The molecule has 0 aromatic heterocycles. The molecule has 0 N–H and O–H groups in total. The van der Waals surface area contributed by atoms with Gasteiger partial charge in [0, 0.05) is 4.47 Å². The van der Waals surface area contributed by atoms with Crippen molar-refractivity contribution in [3.63, 3.8) is 0 Å². The van der Waals surface area contributed by atoms with E-state index >= 15 is 0 Å². The zero-order valence-electron chi connectivity index (χ0n) is 12.4. The molecule has 3 nitrogen and oxygen atoms in total. The van der Waals surface area contributed by atoms with Crippen LogP contribution in [0.4, 0.5) is 5.69 Å². The zero-order valence-corrected chi connectivity index (χ0v) is 14.8. The van der Waals surface area contributed by atoms with E-state index in [1.165, 1.54) is 9.87 Å². The van der Waals surface area contributed by atoms with Crippen LogP contribution < -0.4 is 4.31 Å². The Kier molecular flexibility index (Phi) is 5.42. The summed E-state index contributed by atoms with van der Waals surface area (Å²) in [5.41, 5.74) is 1.81. The molecule has 2 aromatic rings. The van der Waals surface area contributed by atoms with E-state index in [2.05, 4.69) is 29.4 Å². The van der Waals surface area contributed by atoms with Gasteiger partial charge in [0.15, 0.2) is 0 Å². The van der Waals surface area contributed by atoms with E-state index in [-0.39, 0.29) is 11.4 Å². The molecule has 0 atom stereocenters. The third-order valence-electron chi connectivity index (χ3n) is 3.33. The van der Waals surface area contributed by atoms with Crippen LogP contribution in [0.3, 0.4) is 0 Å². The molecule has 0 aliphatic rings. The highest BCUT2D eigenvalue weighted by Crippen LogP contribution is 2.25. The van der Waals surface area contributed by atoms with Gasteiger partial charge in [0.2, 0.25) is 0 Å². The normalized spacial score (nSPS) is 11.2. The van der Waals surface area contributed by atoms with Crippen molar-refractivity contribution < 1.29 is 8.42 Å². The van der Waals surface area contributed by atoms with E-state index in [1.54, 1.807) is 30.3 Å². The quantitative estimate of drug-likeness (QED) is 0.697. The third kappa shape index (κ3) is 3.59. The molecule has 0 fully saturated rings. The molecule has 22 heavy (non-hydrogen) atoms. The average molecular weight is 380 g/mol. The molecule has 0 radical (unpaired) electrons. The number of halogens is 1. The summed E-state index contributed by atoms with van der Waals surface area (Å²) in [7, 11) is -3.61. The Bertz CT molecular complexity index is 737. The van der Waals surface area contributed by atoms with Crippen LogP contribution in [0.2, 0.25) is 0 Å². The lowest BCUT2D eigenvalue weighted by molar-refractivity contribution is 0.593. The molecule has 116 valence electrons. The topological polar surface area (TPSA) is 37.4 Å². The Morgan fingerprint density at radius 2 is 1.68 bits per heavy atom. The largest absolute Gasteiger partial charge is 0.264 e. The Hall–Kier alpha value is -1.59. The smallest absolute Gasteiger partial charge is 0.263 e. The molecule has 0 saturated carbocycles. The van der Waals surface area contributed by atoms with Crippen molar-refractivity contribution >= 4 is 31.6 Å². The molecule has 0 spiro atoms. The minimum Gasteiger partial charge on any atom is -0.263 e. The van der Waals surface area contributed by atoms with Gasteiger partial charge in [0.05, 0.1) is 17.1 Å². The number of hydrogen-bond acceptors (Lipinski definition) is 2. The van der Waals surface area contributed by atoms with Crippen LogP contribution in [0.1, 0.15) is 12.5 Å². The van der Waals surface area contributed by atoms with Gasteiger partial charge in [0.25, 0.3) is 10.0 Å². The SMILES string of the molecule is C=CCN(c1ccc(CC)cc1)S(=O)(=O)c1ccc(Br)cc1. The first-order valence-corrected chi connectivity index (χ1v) is 9.20. The molecular weight excluding hydrogens is 362 g/mol. The standard InChI is InChI=1S/C17H18BrNO2S/c1-3-13-19(16-9-5-14(4-2)6-10-16)22(20,21)17-11-7-15(18)8-12-17/h3,5-12H,1,4,13H2,2H3. The van der Waals surface area contributed by atoms with Gasteiger partial charge in [-0.05, 0) is 48.4 Å². The molecule has 0 amide bonds. The van der Waals surface area contributed by atoms with Gasteiger partial charge in [-0.15, -0.1) is 6.58 Å². The van der Waals surface area contributed by atoms with Gasteiger partial charge in [-0.3, -0.25) is 4.31 Å². The van der Waals surface area contributed by atoms with Crippen molar-refractivity contribution in [3.05, 3.63) is 71.2 Å². The summed E-state index contributed by atoms with van der Waals surface area (Å²) >= 11 is 3.32. The lowest BCUT2D eigenvalue weighted by atomic mass is 10.1. The molecule has 0 heterocycles. The highest BCUT2D eigenvalue weighted by atomic mass is 79.9. The third-order valence-corrected chi connectivity index (χ3v) is 5.67. The lowest BCUT2D eigenvalue weighted by Crippen LogP contribution is -2.31. The maximum atomic E-state index is 12.9. The zero-order chi connectivity index (χ0) is 16.2. The second-order valence-corrected chi connectivity index (χ2v) is 7.58. The molecule has 0 aliphatic heterocycles. The van der Waals surface area contributed by atoms with Crippen LogP contribution in [0.5, 0.6) is 0 Å². The fourth-order valence-corrected chi connectivity index (χ4v) is 3.79. The van der Waals surface area contributed by atoms with E-state index in [0.29, 0.717) is 5.69 Å². The Morgan fingerprint density at radius 1 is 1.09 bits per heavy atom. The summed E-state index contributed by atoms with van der Waals surface area (Å²) in [6.07, 6.45) is 2.51. The number of benzene rings is 2. The first-order valence-electron chi connectivity index (χ1n) is 6.97. The van der Waals surface area contributed by atoms with E-state index in [9.17, 15) is 8.42 Å². The number of rotatable bonds is 6. The number of anilines is 1. The lowest BCUT2D eigenvalue weighted by Gasteiger charge is -2.23. The molecule has 5 heteroatoms. The van der Waals surface area contributed by atoms with Crippen LogP contribution in [0.15, 0.2) is 70.6 Å². The highest BCUT2D eigenvalue weighted by Gasteiger charge is 2.23. The monoisotopic (exact) mass is 379 g/mol. The summed E-state index contributed by atoms with van der Waals surface area (Å²) in [6.45, 7) is 5.96. The second kappa shape index (κ2) is 7.11. The fourth-order valence-electron chi connectivity index (χ4n) is 2.09. The first kappa shape index (κ1) is 16.8. The van der Waals surface area contributed by atoms with Crippen LogP contribution in [-0.4, -0.2) is 15.0 Å². The predicted octanol–water partition coefficient (Wildman–Crippen LogP) is 4.39. The van der Waals surface area contributed by atoms with Crippen LogP contribution >= 0.6 is 15.9 Å². The Balaban J connectivity index is 2.45. The van der Waals surface area contributed by atoms with E-state index < -0.39 is 10.0 Å². The van der Waals surface area contributed by atoms with Crippen LogP contribution in [-0.2, 0) is 16.4 Å². The Labute approximate surface area is 140 Å². The van der Waals surface area contributed by atoms with Crippen molar-refractivity contribution in [2.45, 2.75) is 18.2 Å². The first-order chi connectivity index (χ1) is 10.5. The molecule has 2 aromatic carbocycles. The summed E-state index contributed by atoms with van der Waals surface area (Å²) in [5.74, 6) is 0. The maximum Gasteiger partial charge on any atom is 0.264 e. The van der Waals surface area contributed by atoms with E-state index in [0.717, 1.165) is 10.9 Å². The minimum atomic E-state index is -3.61. The van der Waals surface area contributed by atoms with Gasteiger partial charge >= 0.3 is 0 Å². The van der Waals surface area contributed by atoms with Crippen molar-refractivity contribution in [1.29, 1.82) is 0 Å². The molecule has 2 rings (SSSR count). The van der Waals surface area contributed by atoms with Crippen molar-refractivity contribution in [3.8, 4) is 0 Å². The van der Waals surface area contributed by atoms with Gasteiger partial charge in [-0.1, -0.05) is 41.1 Å². The molecule has 0 unspecified atom stereocenters. The number of hydrogen-bond donors (Lipinski definition) is 0. The summed E-state index contributed by atoms with van der Waals surface area (Å²) in [4.78, 5) is 0.261. The van der Waals surface area contributed by atoms with E-state index in [4.69, 9.17) is 0 Å². The molecule has 0 bridgehead atoms. The predicted molar refractivity (Wildman–Crippen MR) is 94.7 cm³/mol. The van der Waals surface area contributed by atoms with Crippen molar-refractivity contribution in [2.24, 2.45) is 0 Å². The van der Waals surface area contributed by atoms with E-state index in [1.807, 2.05) is 24.3 Å². The van der Waals surface area contributed by atoms with Gasteiger partial charge in [0.1, 0.15) is 0 Å².